The fourth-order valence-corrected chi connectivity index (χ4v) is 4.45. The second-order valence-corrected chi connectivity index (χ2v) is 7.91. The van der Waals surface area contributed by atoms with Crippen molar-refractivity contribution in [2.45, 2.75) is 57.7 Å². The van der Waals surface area contributed by atoms with Crippen molar-refractivity contribution in [3.63, 3.8) is 0 Å². The first-order valence-corrected chi connectivity index (χ1v) is 10.3. The van der Waals surface area contributed by atoms with Crippen LogP contribution in [0.2, 0.25) is 0 Å². The number of anilines is 2. The molecule has 3 rings (SSSR count). The highest BCUT2D eigenvalue weighted by Gasteiger charge is 2.23. The minimum Gasteiger partial charge on any atom is -0.326 e. The molecule has 1 aromatic heterocycles. The van der Waals surface area contributed by atoms with E-state index in [0.717, 1.165) is 10.9 Å². The number of nitrogens with zero attached hydrogens (tertiary/aromatic N) is 2. The quantitative estimate of drug-likeness (QED) is 0.726. The van der Waals surface area contributed by atoms with E-state index in [4.69, 9.17) is 0 Å². The second kappa shape index (κ2) is 8.61. The summed E-state index contributed by atoms with van der Waals surface area (Å²) in [7, 11) is 0. The SMILES string of the molecule is CC(=O)Nc1cccc(NC(=O)CSc2nc(C)c(C)n2C2CCCC2)c1. The summed E-state index contributed by atoms with van der Waals surface area (Å²) in [5.74, 6) is 0.0715. The van der Waals surface area contributed by atoms with Crippen LogP contribution in [0.25, 0.3) is 0 Å². The fourth-order valence-electron chi connectivity index (χ4n) is 3.50. The number of nitrogens with one attached hydrogen (secondary N) is 2. The molecule has 0 atom stereocenters. The fraction of sp³-hybridized carbons (Fsp3) is 0.450. The summed E-state index contributed by atoms with van der Waals surface area (Å²) in [5.41, 5.74) is 3.56. The molecule has 1 fully saturated rings. The van der Waals surface area contributed by atoms with Crippen LogP contribution in [-0.4, -0.2) is 27.1 Å². The molecule has 2 aromatic rings. The molecule has 1 aromatic carbocycles. The van der Waals surface area contributed by atoms with Gasteiger partial charge in [-0.05, 0) is 44.9 Å². The average Bonchev–Trinajstić information content (AvgIpc) is 3.21. The molecule has 6 nitrogen and oxygen atoms in total. The van der Waals surface area contributed by atoms with Gasteiger partial charge in [-0.2, -0.15) is 0 Å². The number of aromatic nitrogens is 2. The van der Waals surface area contributed by atoms with Crippen molar-refractivity contribution in [2.24, 2.45) is 0 Å². The van der Waals surface area contributed by atoms with E-state index in [-0.39, 0.29) is 11.8 Å². The van der Waals surface area contributed by atoms with E-state index >= 15 is 0 Å². The molecule has 7 heteroatoms. The van der Waals surface area contributed by atoms with Gasteiger partial charge in [0.15, 0.2) is 5.16 Å². The lowest BCUT2D eigenvalue weighted by Gasteiger charge is -2.17. The molecular formula is C20H26N4O2S. The molecular weight excluding hydrogens is 360 g/mol. The number of hydrogen-bond donors (Lipinski definition) is 2. The van der Waals surface area contributed by atoms with Gasteiger partial charge in [-0.25, -0.2) is 4.98 Å². The Morgan fingerprint density at radius 1 is 1.19 bits per heavy atom. The molecule has 27 heavy (non-hydrogen) atoms. The Morgan fingerprint density at radius 2 is 1.85 bits per heavy atom. The maximum Gasteiger partial charge on any atom is 0.234 e. The smallest absolute Gasteiger partial charge is 0.234 e. The predicted octanol–water partition coefficient (Wildman–Crippen LogP) is 4.30. The van der Waals surface area contributed by atoms with E-state index in [0.29, 0.717) is 23.2 Å². The minimum atomic E-state index is -0.140. The number of hydrogen-bond acceptors (Lipinski definition) is 4. The highest BCUT2D eigenvalue weighted by atomic mass is 32.2. The van der Waals surface area contributed by atoms with Gasteiger partial charge < -0.3 is 15.2 Å². The minimum absolute atomic E-state index is 0.0868. The summed E-state index contributed by atoms with van der Waals surface area (Å²) in [5, 5.41) is 6.53. The van der Waals surface area contributed by atoms with Gasteiger partial charge >= 0.3 is 0 Å². The average molecular weight is 387 g/mol. The summed E-state index contributed by atoms with van der Waals surface area (Å²) in [6.45, 7) is 5.59. The monoisotopic (exact) mass is 386 g/mol. The predicted molar refractivity (Wildman–Crippen MR) is 109 cm³/mol. The number of aryl methyl sites for hydroxylation is 1. The molecule has 2 N–H and O–H groups in total. The van der Waals surface area contributed by atoms with Crippen LogP contribution in [0.15, 0.2) is 29.4 Å². The number of thioether (sulfide) groups is 1. The highest BCUT2D eigenvalue weighted by molar-refractivity contribution is 7.99. The maximum absolute atomic E-state index is 12.4. The number of amides is 2. The highest BCUT2D eigenvalue weighted by Crippen LogP contribution is 2.35. The molecule has 0 spiro atoms. The van der Waals surface area contributed by atoms with E-state index < -0.39 is 0 Å². The van der Waals surface area contributed by atoms with Gasteiger partial charge in [0.05, 0.1) is 11.4 Å². The van der Waals surface area contributed by atoms with E-state index in [2.05, 4.69) is 27.1 Å². The van der Waals surface area contributed by atoms with Crippen molar-refractivity contribution in [2.75, 3.05) is 16.4 Å². The third kappa shape index (κ3) is 4.91. The molecule has 1 saturated carbocycles. The van der Waals surface area contributed by atoms with Gasteiger partial charge in [0.2, 0.25) is 11.8 Å². The molecule has 0 unspecified atom stereocenters. The zero-order valence-corrected chi connectivity index (χ0v) is 16.9. The third-order valence-corrected chi connectivity index (χ3v) is 5.80. The Balaban J connectivity index is 1.63. The van der Waals surface area contributed by atoms with Gasteiger partial charge in [-0.3, -0.25) is 9.59 Å². The second-order valence-electron chi connectivity index (χ2n) is 6.97. The maximum atomic E-state index is 12.4. The molecule has 0 radical (unpaired) electrons. The van der Waals surface area contributed by atoms with Crippen molar-refractivity contribution in [3.05, 3.63) is 35.7 Å². The first-order valence-electron chi connectivity index (χ1n) is 9.30. The van der Waals surface area contributed by atoms with Crippen molar-refractivity contribution in [3.8, 4) is 0 Å². The summed E-state index contributed by atoms with van der Waals surface area (Å²) in [6.07, 6.45) is 4.89. The van der Waals surface area contributed by atoms with Crippen LogP contribution in [-0.2, 0) is 9.59 Å². The Morgan fingerprint density at radius 3 is 2.52 bits per heavy atom. The molecule has 0 bridgehead atoms. The van der Waals surface area contributed by atoms with Crippen molar-refractivity contribution < 1.29 is 9.59 Å². The van der Waals surface area contributed by atoms with Gasteiger partial charge in [0.25, 0.3) is 0 Å². The Bertz CT molecular complexity index is 841. The van der Waals surface area contributed by atoms with Crippen molar-refractivity contribution >= 4 is 35.0 Å². The van der Waals surface area contributed by atoms with E-state index in [1.54, 1.807) is 18.2 Å². The molecule has 144 valence electrons. The molecule has 0 saturated heterocycles. The Kier molecular flexibility index (Phi) is 6.21. The van der Waals surface area contributed by atoms with Crippen molar-refractivity contribution in [1.82, 2.24) is 9.55 Å². The normalized spacial score (nSPS) is 14.3. The lowest BCUT2D eigenvalue weighted by Crippen LogP contribution is -2.15. The summed E-state index contributed by atoms with van der Waals surface area (Å²) in [4.78, 5) is 28.2. The lowest BCUT2D eigenvalue weighted by atomic mass is 10.2. The van der Waals surface area contributed by atoms with Crippen LogP contribution < -0.4 is 10.6 Å². The van der Waals surface area contributed by atoms with Crippen LogP contribution in [0.4, 0.5) is 11.4 Å². The van der Waals surface area contributed by atoms with E-state index in [1.807, 2.05) is 13.0 Å². The summed E-state index contributed by atoms with van der Waals surface area (Å²) >= 11 is 1.48. The lowest BCUT2D eigenvalue weighted by molar-refractivity contribution is -0.114. The van der Waals surface area contributed by atoms with Crippen LogP contribution in [0.5, 0.6) is 0 Å². The van der Waals surface area contributed by atoms with Crippen LogP contribution >= 0.6 is 11.8 Å². The first-order chi connectivity index (χ1) is 12.9. The van der Waals surface area contributed by atoms with Gasteiger partial charge in [0, 0.05) is 30.0 Å². The molecule has 1 heterocycles. The van der Waals surface area contributed by atoms with Crippen molar-refractivity contribution in [1.29, 1.82) is 0 Å². The van der Waals surface area contributed by atoms with Crippen LogP contribution in [0.3, 0.4) is 0 Å². The third-order valence-electron chi connectivity index (χ3n) is 4.84. The molecule has 1 aliphatic carbocycles. The molecule has 0 aliphatic heterocycles. The molecule has 2 amide bonds. The Labute approximate surface area is 164 Å². The number of carbonyl (C=O) groups is 2. The van der Waals surface area contributed by atoms with E-state index in [9.17, 15) is 9.59 Å². The number of imidazole rings is 1. The largest absolute Gasteiger partial charge is 0.326 e. The zero-order chi connectivity index (χ0) is 19.4. The van der Waals surface area contributed by atoms with Crippen LogP contribution in [0.1, 0.15) is 50.0 Å². The summed E-state index contributed by atoms with van der Waals surface area (Å²) in [6, 6.07) is 7.65. The van der Waals surface area contributed by atoms with Gasteiger partial charge in [-0.1, -0.05) is 30.7 Å². The van der Waals surface area contributed by atoms with Gasteiger partial charge in [0.1, 0.15) is 0 Å². The number of carbonyl (C=O) groups excluding carboxylic acids is 2. The number of rotatable bonds is 6. The van der Waals surface area contributed by atoms with Gasteiger partial charge in [-0.15, -0.1) is 0 Å². The van der Waals surface area contributed by atoms with E-state index in [1.165, 1.54) is 50.1 Å². The first kappa shape index (κ1) is 19.5. The summed E-state index contributed by atoms with van der Waals surface area (Å²) < 4.78 is 2.32. The molecule has 1 aliphatic rings. The Hall–Kier alpha value is -2.28. The van der Waals surface area contributed by atoms with Crippen LogP contribution in [0, 0.1) is 13.8 Å². The standard InChI is InChI=1S/C20H26N4O2S/c1-13-14(2)24(18-9-4-5-10-18)20(21-13)27-12-19(26)23-17-8-6-7-16(11-17)22-15(3)25/h6-8,11,18H,4-5,9-10,12H2,1-3H3,(H,22,25)(H,23,26). The number of benzene rings is 1. The zero-order valence-electron chi connectivity index (χ0n) is 16.0. The topological polar surface area (TPSA) is 76.0 Å².